The fraction of sp³-hybridized carbons (Fsp3) is 0.294. The Kier molecular flexibility index (Phi) is 5.45. The lowest BCUT2D eigenvalue weighted by Crippen LogP contribution is -2.28. The molecule has 1 amide bonds. The Morgan fingerprint density at radius 2 is 1.96 bits per heavy atom. The number of pyridine rings is 1. The molecule has 1 aromatic carbocycles. The molecule has 7 nitrogen and oxygen atoms in total. The molecule has 0 unspecified atom stereocenters. The van der Waals surface area contributed by atoms with Gasteiger partial charge in [-0.2, -0.15) is 4.31 Å². The number of amides is 1. The van der Waals surface area contributed by atoms with Gasteiger partial charge in [0.25, 0.3) is 5.91 Å². The van der Waals surface area contributed by atoms with Crippen molar-refractivity contribution in [2.45, 2.75) is 17.7 Å². The number of hydrogen-bond donors (Lipinski definition) is 1. The molecular formula is C17H18ClN3O4S. The molecule has 1 aliphatic rings. The summed E-state index contributed by atoms with van der Waals surface area (Å²) in [6, 6.07) is 7.48. The van der Waals surface area contributed by atoms with Crippen LogP contribution in [0.15, 0.2) is 41.4 Å². The van der Waals surface area contributed by atoms with Gasteiger partial charge in [-0.25, -0.2) is 13.4 Å². The second-order valence-electron chi connectivity index (χ2n) is 5.79. The van der Waals surface area contributed by atoms with E-state index < -0.39 is 15.9 Å². The zero-order valence-corrected chi connectivity index (χ0v) is 15.7. The minimum Gasteiger partial charge on any atom is -0.495 e. The second-order valence-corrected chi connectivity index (χ2v) is 8.14. The Hall–Kier alpha value is -2.16. The van der Waals surface area contributed by atoms with Gasteiger partial charge in [-0.15, -0.1) is 0 Å². The van der Waals surface area contributed by atoms with Crippen molar-refractivity contribution in [2.75, 3.05) is 25.5 Å². The predicted octanol–water partition coefficient (Wildman–Crippen LogP) is 2.78. The molecule has 1 N–H and O–H groups in total. The van der Waals surface area contributed by atoms with Crippen molar-refractivity contribution in [3.05, 3.63) is 47.1 Å². The van der Waals surface area contributed by atoms with Crippen molar-refractivity contribution in [3.63, 3.8) is 0 Å². The third-order valence-corrected chi connectivity index (χ3v) is 6.22. The fourth-order valence-corrected chi connectivity index (χ4v) is 4.54. The number of benzene rings is 1. The number of sulfonamides is 1. The van der Waals surface area contributed by atoms with Crippen LogP contribution in [0.4, 0.5) is 5.82 Å². The number of methoxy groups -OCH3 is 1. The van der Waals surface area contributed by atoms with E-state index in [1.54, 1.807) is 12.1 Å². The number of aromatic nitrogens is 1. The van der Waals surface area contributed by atoms with Gasteiger partial charge in [-0.3, -0.25) is 4.79 Å². The predicted molar refractivity (Wildman–Crippen MR) is 98.2 cm³/mol. The summed E-state index contributed by atoms with van der Waals surface area (Å²) in [4.78, 5) is 16.4. The van der Waals surface area contributed by atoms with Crippen LogP contribution in [-0.4, -0.2) is 43.8 Å². The number of ether oxygens (including phenoxy) is 1. The number of nitrogens with zero attached hydrogens (tertiary/aromatic N) is 2. The van der Waals surface area contributed by atoms with Gasteiger partial charge in [-0.05, 0) is 43.2 Å². The van der Waals surface area contributed by atoms with Crippen LogP contribution in [0.1, 0.15) is 23.2 Å². The Balaban J connectivity index is 1.91. The number of halogens is 1. The topological polar surface area (TPSA) is 88.6 Å². The van der Waals surface area contributed by atoms with Gasteiger partial charge >= 0.3 is 0 Å². The van der Waals surface area contributed by atoms with Crippen molar-refractivity contribution in [3.8, 4) is 5.75 Å². The number of rotatable bonds is 5. The van der Waals surface area contributed by atoms with Crippen LogP contribution in [-0.2, 0) is 10.0 Å². The summed E-state index contributed by atoms with van der Waals surface area (Å²) >= 11 is 5.77. The highest BCUT2D eigenvalue weighted by Crippen LogP contribution is 2.30. The first kappa shape index (κ1) is 18.6. The molecule has 138 valence electrons. The average molecular weight is 396 g/mol. The van der Waals surface area contributed by atoms with E-state index >= 15 is 0 Å². The van der Waals surface area contributed by atoms with E-state index in [0.717, 1.165) is 12.8 Å². The first-order chi connectivity index (χ1) is 12.4. The lowest BCUT2D eigenvalue weighted by atomic mass is 10.2. The molecule has 0 aliphatic carbocycles. The number of nitrogens with one attached hydrogen (secondary N) is 1. The van der Waals surface area contributed by atoms with Gasteiger partial charge in [0.15, 0.2) is 0 Å². The van der Waals surface area contributed by atoms with Crippen LogP contribution >= 0.6 is 11.6 Å². The standard InChI is InChI=1S/C17H18ClN3O4S/c1-25-14-6-4-12(17(22)20-16-7-5-13(18)11-19-16)10-15(14)26(23,24)21-8-2-3-9-21/h4-7,10-11H,2-3,8-9H2,1H3,(H,19,20,22). The molecule has 2 heterocycles. The third-order valence-electron chi connectivity index (χ3n) is 4.08. The highest BCUT2D eigenvalue weighted by atomic mass is 35.5. The largest absolute Gasteiger partial charge is 0.495 e. The molecule has 1 fully saturated rings. The van der Waals surface area contributed by atoms with E-state index in [2.05, 4.69) is 10.3 Å². The zero-order valence-electron chi connectivity index (χ0n) is 14.1. The summed E-state index contributed by atoms with van der Waals surface area (Å²) in [6.45, 7) is 0.938. The first-order valence-corrected chi connectivity index (χ1v) is 9.85. The molecule has 1 aromatic heterocycles. The summed E-state index contributed by atoms with van der Waals surface area (Å²) in [5.41, 5.74) is 0.195. The summed E-state index contributed by atoms with van der Waals surface area (Å²) in [5, 5.41) is 3.06. The van der Waals surface area contributed by atoms with Crippen LogP contribution < -0.4 is 10.1 Å². The van der Waals surface area contributed by atoms with Crippen LogP contribution in [0.3, 0.4) is 0 Å². The van der Waals surface area contributed by atoms with Crippen LogP contribution in [0.25, 0.3) is 0 Å². The molecule has 0 saturated carbocycles. The van der Waals surface area contributed by atoms with E-state index in [1.165, 1.54) is 35.8 Å². The first-order valence-electron chi connectivity index (χ1n) is 8.03. The summed E-state index contributed by atoms with van der Waals surface area (Å²) in [5.74, 6) is 0.0533. The van der Waals surface area contributed by atoms with Gasteiger partial charge in [-0.1, -0.05) is 11.6 Å². The molecule has 0 atom stereocenters. The molecule has 1 aliphatic heterocycles. The lowest BCUT2D eigenvalue weighted by Gasteiger charge is -2.18. The Labute approximate surface area is 157 Å². The Morgan fingerprint density at radius 3 is 2.58 bits per heavy atom. The molecule has 0 bridgehead atoms. The van der Waals surface area contributed by atoms with Crippen molar-refractivity contribution in [1.82, 2.24) is 9.29 Å². The lowest BCUT2D eigenvalue weighted by molar-refractivity contribution is 0.102. The van der Waals surface area contributed by atoms with Gasteiger partial charge in [0.05, 0.1) is 12.1 Å². The molecular weight excluding hydrogens is 378 g/mol. The second kappa shape index (κ2) is 7.61. The van der Waals surface area contributed by atoms with Gasteiger partial charge in [0.1, 0.15) is 16.5 Å². The zero-order chi connectivity index (χ0) is 18.7. The number of carbonyl (C=O) groups excluding carboxylic acids is 1. The number of anilines is 1. The number of carbonyl (C=O) groups is 1. The smallest absolute Gasteiger partial charge is 0.256 e. The average Bonchev–Trinajstić information content (AvgIpc) is 3.18. The van der Waals surface area contributed by atoms with Gasteiger partial charge < -0.3 is 10.1 Å². The Bertz CT molecular complexity index is 910. The molecule has 9 heteroatoms. The minimum atomic E-state index is -3.72. The summed E-state index contributed by atoms with van der Waals surface area (Å²) in [6.07, 6.45) is 3.06. The summed E-state index contributed by atoms with van der Waals surface area (Å²) < 4.78 is 32.3. The van der Waals surface area contributed by atoms with E-state index in [9.17, 15) is 13.2 Å². The maximum atomic E-state index is 12.9. The molecule has 3 rings (SSSR count). The molecule has 1 saturated heterocycles. The minimum absolute atomic E-state index is 0.0152. The van der Waals surface area contributed by atoms with Crippen molar-refractivity contribution < 1.29 is 17.9 Å². The van der Waals surface area contributed by atoms with E-state index in [-0.39, 0.29) is 16.2 Å². The van der Waals surface area contributed by atoms with E-state index in [0.29, 0.717) is 23.9 Å². The van der Waals surface area contributed by atoms with Crippen LogP contribution in [0, 0.1) is 0 Å². The fourth-order valence-electron chi connectivity index (χ4n) is 2.73. The third kappa shape index (κ3) is 3.82. The van der Waals surface area contributed by atoms with Crippen molar-refractivity contribution in [1.29, 1.82) is 0 Å². The SMILES string of the molecule is COc1ccc(C(=O)Nc2ccc(Cl)cn2)cc1S(=O)(=O)N1CCCC1. The van der Waals surface area contributed by atoms with Gasteiger partial charge in [0.2, 0.25) is 10.0 Å². The van der Waals surface area contributed by atoms with Gasteiger partial charge in [0, 0.05) is 24.8 Å². The van der Waals surface area contributed by atoms with Crippen LogP contribution in [0.5, 0.6) is 5.75 Å². The Morgan fingerprint density at radius 1 is 1.23 bits per heavy atom. The van der Waals surface area contributed by atoms with E-state index in [1.807, 2.05) is 0 Å². The van der Waals surface area contributed by atoms with Crippen LogP contribution in [0.2, 0.25) is 5.02 Å². The summed E-state index contributed by atoms with van der Waals surface area (Å²) in [7, 11) is -2.32. The maximum Gasteiger partial charge on any atom is 0.256 e. The molecule has 0 radical (unpaired) electrons. The highest BCUT2D eigenvalue weighted by molar-refractivity contribution is 7.89. The van der Waals surface area contributed by atoms with E-state index in [4.69, 9.17) is 16.3 Å². The number of hydrogen-bond acceptors (Lipinski definition) is 5. The maximum absolute atomic E-state index is 12.9. The molecule has 26 heavy (non-hydrogen) atoms. The van der Waals surface area contributed by atoms with Crippen molar-refractivity contribution in [2.24, 2.45) is 0 Å². The molecule has 2 aromatic rings. The van der Waals surface area contributed by atoms with Crippen molar-refractivity contribution >= 4 is 33.3 Å². The highest BCUT2D eigenvalue weighted by Gasteiger charge is 2.30. The normalized spacial score (nSPS) is 15.0. The molecule has 0 spiro atoms. The monoisotopic (exact) mass is 395 g/mol. The quantitative estimate of drug-likeness (QED) is 0.840.